The first kappa shape index (κ1) is 19.6. The summed E-state index contributed by atoms with van der Waals surface area (Å²) in [6.07, 6.45) is 6.35. The van der Waals surface area contributed by atoms with Gasteiger partial charge in [-0.15, -0.1) is 12.4 Å². The Kier molecular flexibility index (Phi) is 8.03. The molecule has 2 aromatic rings. The Balaban J connectivity index is 0.00000225. The Morgan fingerprint density at radius 2 is 1.60 bits per heavy atom. The molecule has 1 aliphatic rings. The number of ether oxygens (including phenoxy) is 1. The molecular weight excluding hydrogens is 330 g/mol. The van der Waals surface area contributed by atoms with Gasteiger partial charge in [-0.25, -0.2) is 0 Å². The smallest absolute Gasteiger partial charge is 0.126 e. The Hall–Kier alpha value is -1.77. The summed E-state index contributed by atoms with van der Waals surface area (Å²) in [6.45, 7) is 5.34. The van der Waals surface area contributed by atoms with Crippen LogP contribution >= 0.6 is 12.4 Å². The van der Waals surface area contributed by atoms with E-state index in [9.17, 15) is 0 Å². The zero-order valence-corrected chi connectivity index (χ0v) is 15.7. The van der Waals surface area contributed by atoms with Gasteiger partial charge < -0.3 is 4.74 Å². The highest BCUT2D eigenvalue weighted by molar-refractivity contribution is 5.85. The molecule has 0 aliphatic carbocycles. The van der Waals surface area contributed by atoms with Crippen LogP contribution in [0.15, 0.2) is 73.0 Å². The molecule has 1 fully saturated rings. The average Bonchev–Trinajstić information content (AvgIpc) is 2.65. The lowest BCUT2D eigenvalue weighted by molar-refractivity contribution is 0.0431. The lowest BCUT2D eigenvalue weighted by atomic mass is 9.87. The van der Waals surface area contributed by atoms with Crippen LogP contribution in [0, 0.1) is 5.92 Å². The van der Waals surface area contributed by atoms with Gasteiger partial charge in [0.15, 0.2) is 0 Å². The standard InChI is InChI=1S/C22H27NO.ClH/c1-2-17-24-22(20-11-7-4-8-12-20)21-13-15-23(16-14-21)18-19-9-5-3-6-10-19;/h2-12,17,21-22H,13-16,18H2,1H3;1H. The summed E-state index contributed by atoms with van der Waals surface area (Å²) in [6, 6.07) is 21.4. The third-order valence-electron chi connectivity index (χ3n) is 4.80. The van der Waals surface area contributed by atoms with Gasteiger partial charge in [-0.3, -0.25) is 4.90 Å². The predicted molar refractivity (Wildman–Crippen MR) is 107 cm³/mol. The van der Waals surface area contributed by atoms with Crippen molar-refractivity contribution in [2.24, 2.45) is 5.92 Å². The zero-order chi connectivity index (χ0) is 16.6. The number of halogens is 1. The molecule has 0 bridgehead atoms. The van der Waals surface area contributed by atoms with Crippen LogP contribution in [-0.4, -0.2) is 18.0 Å². The van der Waals surface area contributed by atoms with Gasteiger partial charge in [-0.2, -0.15) is 0 Å². The van der Waals surface area contributed by atoms with Gasteiger partial charge >= 0.3 is 0 Å². The van der Waals surface area contributed by atoms with E-state index in [1.165, 1.54) is 24.0 Å². The summed E-state index contributed by atoms with van der Waals surface area (Å²) in [5.41, 5.74) is 2.69. The molecule has 3 rings (SSSR count). The number of piperidine rings is 1. The van der Waals surface area contributed by atoms with E-state index in [1.54, 1.807) is 0 Å². The normalized spacial score (nSPS) is 17.2. The third-order valence-corrected chi connectivity index (χ3v) is 4.80. The highest BCUT2D eigenvalue weighted by Crippen LogP contribution is 2.34. The van der Waals surface area contributed by atoms with Crippen molar-refractivity contribution >= 4 is 12.4 Å². The highest BCUT2D eigenvalue weighted by Gasteiger charge is 2.28. The Morgan fingerprint density at radius 3 is 2.20 bits per heavy atom. The molecule has 1 atom stereocenters. The molecule has 1 aliphatic heterocycles. The SMILES string of the molecule is CC=COC(c1ccccc1)C1CCN(Cc2ccccc2)CC1.Cl. The zero-order valence-electron chi connectivity index (χ0n) is 14.9. The lowest BCUT2D eigenvalue weighted by Gasteiger charge is -2.35. The molecule has 0 saturated carbocycles. The predicted octanol–water partition coefficient (Wildman–Crippen LogP) is 5.61. The fourth-order valence-electron chi connectivity index (χ4n) is 3.52. The Bertz CT molecular complexity index is 621. The van der Waals surface area contributed by atoms with Crippen LogP contribution in [0.1, 0.15) is 37.0 Å². The van der Waals surface area contributed by atoms with Crippen LogP contribution in [0.5, 0.6) is 0 Å². The summed E-state index contributed by atoms with van der Waals surface area (Å²) in [5, 5.41) is 0. The van der Waals surface area contributed by atoms with Crippen molar-refractivity contribution in [3.8, 4) is 0 Å². The lowest BCUT2D eigenvalue weighted by Crippen LogP contribution is -2.35. The monoisotopic (exact) mass is 357 g/mol. The van der Waals surface area contributed by atoms with Gasteiger partial charge in [-0.1, -0.05) is 66.7 Å². The summed E-state index contributed by atoms with van der Waals surface area (Å²) in [7, 11) is 0. The minimum atomic E-state index is 0. The Morgan fingerprint density at radius 1 is 1.00 bits per heavy atom. The van der Waals surface area contributed by atoms with Gasteiger partial charge in [-0.05, 0) is 44.0 Å². The molecule has 0 N–H and O–H groups in total. The molecule has 3 heteroatoms. The second kappa shape index (κ2) is 10.3. The van der Waals surface area contributed by atoms with Gasteiger partial charge in [0.2, 0.25) is 0 Å². The van der Waals surface area contributed by atoms with E-state index in [0.29, 0.717) is 5.92 Å². The summed E-state index contributed by atoms with van der Waals surface area (Å²) >= 11 is 0. The molecule has 25 heavy (non-hydrogen) atoms. The van der Waals surface area contributed by atoms with Crippen LogP contribution in [-0.2, 0) is 11.3 Å². The first-order chi connectivity index (χ1) is 11.9. The molecule has 134 valence electrons. The van der Waals surface area contributed by atoms with Crippen molar-refractivity contribution in [3.63, 3.8) is 0 Å². The molecule has 0 aromatic heterocycles. The second-order valence-electron chi connectivity index (χ2n) is 6.54. The van der Waals surface area contributed by atoms with Crippen molar-refractivity contribution in [3.05, 3.63) is 84.1 Å². The van der Waals surface area contributed by atoms with E-state index in [-0.39, 0.29) is 18.5 Å². The summed E-state index contributed by atoms with van der Waals surface area (Å²) in [5.74, 6) is 0.579. The highest BCUT2D eigenvalue weighted by atomic mass is 35.5. The minimum absolute atomic E-state index is 0. The molecular formula is C22H28ClNO. The van der Waals surface area contributed by atoms with Crippen LogP contribution < -0.4 is 0 Å². The van der Waals surface area contributed by atoms with Crippen LogP contribution in [0.2, 0.25) is 0 Å². The van der Waals surface area contributed by atoms with Crippen molar-refractivity contribution in [2.75, 3.05) is 13.1 Å². The molecule has 1 heterocycles. The maximum absolute atomic E-state index is 6.07. The van der Waals surface area contributed by atoms with E-state index in [0.717, 1.165) is 19.6 Å². The van der Waals surface area contributed by atoms with E-state index >= 15 is 0 Å². The quantitative estimate of drug-likeness (QED) is 0.623. The molecule has 1 saturated heterocycles. The number of rotatable bonds is 6. The minimum Gasteiger partial charge on any atom is -0.493 e. The average molecular weight is 358 g/mol. The topological polar surface area (TPSA) is 12.5 Å². The van der Waals surface area contributed by atoms with Gasteiger partial charge in [0.25, 0.3) is 0 Å². The number of hydrogen-bond donors (Lipinski definition) is 0. The van der Waals surface area contributed by atoms with Crippen LogP contribution in [0.3, 0.4) is 0 Å². The molecule has 2 nitrogen and oxygen atoms in total. The molecule has 2 aromatic carbocycles. The first-order valence-electron chi connectivity index (χ1n) is 8.94. The number of likely N-dealkylation sites (tertiary alicyclic amines) is 1. The van der Waals surface area contributed by atoms with E-state index in [2.05, 4.69) is 65.6 Å². The largest absolute Gasteiger partial charge is 0.493 e. The number of allylic oxidation sites excluding steroid dienone is 1. The maximum Gasteiger partial charge on any atom is 0.126 e. The van der Waals surface area contributed by atoms with Crippen molar-refractivity contribution in [1.29, 1.82) is 0 Å². The van der Waals surface area contributed by atoms with Crippen LogP contribution in [0.4, 0.5) is 0 Å². The fourth-order valence-corrected chi connectivity index (χ4v) is 3.52. The van der Waals surface area contributed by atoms with E-state index < -0.39 is 0 Å². The van der Waals surface area contributed by atoms with Crippen molar-refractivity contribution < 1.29 is 4.74 Å². The van der Waals surface area contributed by atoms with Crippen molar-refractivity contribution in [1.82, 2.24) is 4.90 Å². The van der Waals surface area contributed by atoms with Gasteiger partial charge in [0, 0.05) is 12.5 Å². The van der Waals surface area contributed by atoms with Gasteiger partial charge in [0.1, 0.15) is 6.10 Å². The number of hydrogen-bond acceptors (Lipinski definition) is 2. The molecule has 0 spiro atoms. The maximum atomic E-state index is 6.07. The molecule has 0 amide bonds. The number of benzene rings is 2. The Labute approximate surface area is 157 Å². The van der Waals surface area contributed by atoms with Gasteiger partial charge in [0.05, 0.1) is 6.26 Å². The number of nitrogens with zero attached hydrogens (tertiary/aromatic N) is 1. The van der Waals surface area contributed by atoms with Crippen LogP contribution in [0.25, 0.3) is 0 Å². The molecule has 0 radical (unpaired) electrons. The van der Waals surface area contributed by atoms with E-state index in [4.69, 9.17) is 4.74 Å². The summed E-state index contributed by atoms with van der Waals surface area (Å²) in [4.78, 5) is 2.56. The van der Waals surface area contributed by atoms with E-state index in [1.807, 2.05) is 19.3 Å². The molecule has 1 unspecified atom stereocenters. The second-order valence-corrected chi connectivity index (χ2v) is 6.54. The fraction of sp³-hybridized carbons (Fsp3) is 0.364. The third kappa shape index (κ3) is 5.62. The summed E-state index contributed by atoms with van der Waals surface area (Å²) < 4.78 is 6.07. The first-order valence-corrected chi connectivity index (χ1v) is 8.94. The van der Waals surface area contributed by atoms with Crippen molar-refractivity contribution in [2.45, 2.75) is 32.4 Å².